The predicted molar refractivity (Wildman–Crippen MR) is 99.0 cm³/mol. The van der Waals surface area contributed by atoms with E-state index in [1.807, 2.05) is 0 Å². The standard InChI is InChI=1S/C20H40N2O/c1-18(2,3)9-7-8-12-21-15-16-23-20(17-21)10-13-22(14-11-20)19(4,5)6/h7-17H2,1-6H3. The van der Waals surface area contributed by atoms with E-state index in [0.29, 0.717) is 11.0 Å². The van der Waals surface area contributed by atoms with E-state index >= 15 is 0 Å². The fourth-order valence-corrected chi connectivity index (χ4v) is 3.99. The molecule has 0 unspecified atom stereocenters. The van der Waals surface area contributed by atoms with Gasteiger partial charge >= 0.3 is 0 Å². The second-order valence-electron chi connectivity index (χ2n) is 9.98. The van der Waals surface area contributed by atoms with Crippen molar-refractivity contribution in [2.45, 2.75) is 84.8 Å². The summed E-state index contributed by atoms with van der Waals surface area (Å²) in [6, 6.07) is 0. The lowest BCUT2D eigenvalue weighted by Gasteiger charge is -2.50. The molecule has 136 valence electrons. The Morgan fingerprint density at radius 3 is 2.13 bits per heavy atom. The minimum atomic E-state index is 0.143. The first-order chi connectivity index (χ1) is 10.6. The number of piperidine rings is 1. The van der Waals surface area contributed by atoms with Gasteiger partial charge in [0.2, 0.25) is 0 Å². The van der Waals surface area contributed by atoms with Crippen LogP contribution in [0, 0.1) is 5.41 Å². The maximum atomic E-state index is 6.29. The lowest BCUT2D eigenvalue weighted by Crippen LogP contribution is -2.59. The number of rotatable bonds is 4. The molecule has 3 heteroatoms. The van der Waals surface area contributed by atoms with Crippen LogP contribution in [-0.2, 0) is 4.74 Å². The summed E-state index contributed by atoms with van der Waals surface area (Å²) in [5.74, 6) is 0. The Kier molecular flexibility index (Phi) is 6.19. The number of ether oxygens (including phenoxy) is 1. The molecule has 0 aromatic heterocycles. The smallest absolute Gasteiger partial charge is 0.0833 e. The summed E-state index contributed by atoms with van der Waals surface area (Å²) in [5.41, 5.74) is 0.916. The van der Waals surface area contributed by atoms with Crippen molar-refractivity contribution >= 4 is 0 Å². The minimum Gasteiger partial charge on any atom is -0.372 e. The molecule has 0 aliphatic carbocycles. The van der Waals surface area contributed by atoms with Crippen LogP contribution in [0.1, 0.15) is 73.6 Å². The highest BCUT2D eigenvalue weighted by Gasteiger charge is 2.41. The van der Waals surface area contributed by atoms with Crippen LogP contribution < -0.4 is 0 Å². The van der Waals surface area contributed by atoms with Gasteiger partial charge in [0.05, 0.1) is 12.2 Å². The van der Waals surface area contributed by atoms with Crippen LogP contribution in [-0.4, -0.2) is 60.3 Å². The van der Waals surface area contributed by atoms with Crippen molar-refractivity contribution < 1.29 is 4.74 Å². The summed E-state index contributed by atoms with van der Waals surface area (Å²) in [4.78, 5) is 5.28. The van der Waals surface area contributed by atoms with Crippen LogP contribution in [0.4, 0.5) is 0 Å². The van der Waals surface area contributed by atoms with Crippen LogP contribution in [0.5, 0.6) is 0 Å². The van der Waals surface area contributed by atoms with E-state index in [-0.39, 0.29) is 5.60 Å². The van der Waals surface area contributed by atoms with Crippen LogP contribution in [0.3, 0.4) is 0 Å². The second-order valence-corrected chi connectivity index (χ2v) is 9.98. The second kappa shape index (κ2) is 7.41. The highest BCUT2D eigenvalue weighted by Crippen LogP contribution is 2.33. The average molecular weight is 325 g/mol. The van der Waals surface area contributed by atoms with Gasteiger partial charge in [-0.2, -0.15) is 0 Å². The molecule has 0 radical (unpaired) electrons. The van der Waals surface area contributed by atoms with E-state index < -0.39 is 0 Å². The van der Waals surface area contributed by atoms with E-state index in [2.05, 4.69) is 51.3 Å². The SMILES string of the molecule is CC(C)(C)CCCCN1CCOC2(CCN(C(C)(C)C)CC2)C1. The van der Waals surface area contributed by atoms with Crippen LogP contribution in [0.15, 0.2) is 0 Å². The van der Waals surface area contributed by atoms with Gasteiger partial charge in [-0.3, -0.25) is 9.80 Å². The van der Waals surface area contributed by atoms with Gasteiger partial charge < -0.3 is 4.74 Å². The van der Waals surface area contributed by atoms with Crippen LogP contribution in [0.25, 0.3) is 0 Å². The molecule has 0 saturated carbocycles. The Hall–Kier alpha value is -0.120. The molecule has 3 nitrogen and oxygen atoms in total. The van der Waals surface area contributed by atoms with Crippen molar-refractivity contribution in [2.24, 2.45) is 5.41 Å². The normalized spacial score (nSPS) is 24.3. The topological polar surface area (TPSA) is 15.7 Å². The van der Waals surface area contributed by atoms with Crippen molar-refractivity contribution in [1.82, 2.24) is 9.80 Å². The highest BCUT2D eigenvalue weighted by molar-refractivity contribution is 4.95. The molecular weight excluding hydrogens is 284 g/mol. The van der Waals surface area contributed by atoms with Crippen LogP contribution >= 0.6 is 0 Å². The number of hydrogen-bond donors (Lipinski definition) is 0. The van der Waals surface area contributed by atoms with Crippen molar-refractivity contribution in [2.75, 3.05) is 39.3 Å². The summed E-state index contributed by atoms with van der Waals surface area (Å²) in [7, 11) is 0. The van der Waals surface area contributed by atoms with Gasteiger partial charge in [-0.25, -0.2) is 0 Å². The van der Waals surface area contributed by atoms with Crippen molar-refractivity contribution in [3.8, 4) is 0 Å². The third-order valence-electron chi connectivity index (χ3n) is 5.60. The first kappa shape index (κ1) is 19.2. The fraction of sp³-hybridized carbons (Fsp3) is 1.00. The van der Waals surface area contributed by atoms with E-state index in [1.165, 1.54) is 51.7 Å². The highest BCUT2D eigenvalue weighted by atomic mass is 16.5. The molecule has 0 aromatic rings. The minimum absolute atomic E-state index is 0.143. The Morgan fingerprint density at radius 1 is 0.913 bits per heavy atom. The van der Waals surface area contributed by atoms with Gasteiger partial charge in [0.25, 0.3) is 0 Å². The molecule has 0 atom stereocenters. The molecule has 0 aromatic carbocycles. The molecule has 0 amide bonds. The number of morpholine rings is 1. The average Bonchev–Trinajstić information content (AvgIpc) is 2.42. The molecule has 0 bridgehead atoms. The Balaban J connectivity index is 1.75. The van der Waals surface area contributed by atoms with E-state index in [1.54, 1.807) is 0 Å². The van der Waals surface area contributed by atoms with E-state index in [4.69, 9.17) is 4.74 Å². The van der Waals surface area contributed by atoms with E-state index in [0.717, 1.165) is 19.7 Å². The zero-order valence-electron chi connectivity index (χ0n) is 16.6. The van der Waals surface area contributed by atoms with Crippen molar-refractivity contribution in [3.63, 3.8) is 0 Å². The lowest BCUT2D eigenvalue weighted by atomic mass is 9.87. The number of nitrogens with zero attached hydrogens (tertiary/aromatic N) is 2. The lowest BCUT2D eigenvalue weighted by molar-refractivity contribution is -0.142. The van der Waals surface area contributed by atoms with Gasteiger partial charge in [-0.1, -0.05) is 27.2 Å². The summed E-state index contributed by atoms with van der Waals surface area (Å²) in [6.45, 7) is 20.8. The molecule has 1 spiro atoms. The maximum absolute atomic E-state index is 6.29. The molecule has 0 N–H and O–H groups in total. The first-order valence-electron chi connectivity index (χ1n) is 9.71. The molecule has 2 saturated heterocycles. The van der Waals surface area contributed by atoms with Crippen molar-refractivity contribution in [3.05, 3.63) is 0 Å². The summed E-state index contributed by atoms with van der Waals surface area (Å²) in [6.07, 6.45) is 6.42. The summed E-state index contributed by atoms with van der Waals surface area (Å²) >= 11 is 0. The van der Waals surface area contributed by atoms with Gasteiger partial charge in [-0.05, 0) is 58.4 Å². The third kappa shape index (κ3) is 6.03. The summed E-state index contributed by atoms with van der Waals surface area (Å²) in [5, 5.41) is 0. The number of likely N-dealkylation sites (tertiary alicyclic amines) is 1. The molecule has 2 fully saturated rings. The maximum Gasteiger partial charge on any atom is 0.0833 e. The largest absolute Gasteiger partial charge is 0.372 e. The first-order valence-corrected chi connectivity index (χ1v) is 9.71. The Labute approximate surface area is 144 Å². The van der Waals surface area contributed by atoms with Crippen LogP contribution in [0.2, 0.25) is 0 Å². The summed E-state index contributed by atoms with van der Waals surface area (Å²) < 4.78 is 6.29. The monoisotopic (exact) mass is 324 g/mol. The number of hydrogen-bond acceptors (Lipinski definition) is 3. The Morgan fingerprint density at radius 2 is 1.57 bits per heavy atom. The fourth-order valence-electron chi connectivity index (χ4n) is 3.99. The van der Waals surface area contributed by atoms with E-state index in [9.17, 15) is 0 Å². The molecule has 2 heterocycles. The molecule has 23 heavy (non-hydrogen) atoms. The van der Waals surface area contributed by atoms with Gasteiger partial charge in [-0.15, -0.1) is 0 Å². The zero-order valence-corrected chi connectivity index (χ0v) is 16.6. The number of unbranched alkanes of at least 4 members (excludes halogenated alkanes) is 1. The molecule has 2 rings (SSSR count). The zero-order chi connectivity index (χ0) is 17.1. The van der Waals surface area contributed by atoms with Gasteiger partial charge in [0.15, 0.2) is 0 Å². The van der Waals surface area contributed by atoms with Crippen molar-refractivity contribution in [1.29, 1.82) is 0 Å². The Bertz CT molecular complexity index is 359. The predicted octanol–water partition coefficient (Wildman–Crippen LogP) is 4.17. The van der Waals surface area contributed by atoms with Gasteiger partial charge in [0, 0.05) is 31.7 Å². The molecule has 2 aliphatic heterocycles. The quantitative estimate of drug-likeness (QED) is 0.722. The van der Waals surface area contributed by atoms with Gasteiger partial charge in [0.1, 0.15) is 0 Å². The third-order valence-corrected chi connectivity index (χ3v) is 5.60. The molecule has 2 aliphatic rings. The molecular formula is C20H40N2O.